The van der Waals surface area contributed by atoms with E-state index in [0.717, 1.165) is 0 Å². The number of nitrogens with one attached hydrogen (secondary N) is 3. The zero-order valence-electron chi connectivity index (χ0n) is 16.1. The second-order valence-corrected chi connectivity index (χ2v) is 8.39. The third-order valence-corrected chi connectivity index (χ3v) is 5.16. The van der Waals surface area contributed by atoms with Gasteiger partial charge in [-0.25, -0.2) is 0 Å². The van der Waals surface area contributed by atoms with Gasteiger partial charge in [0.2, 0.25) is 17.7 Å². The van der Waals surface area contributed by atoms with Crippen molar-refractivity contribution in [3.05, 3.63) is 0 Å². The first kappa shape index (κ1) is 24.6. The third-order valence-electron chi connectivity index (χ3n) is 4.35. The Morgan fingerprint density at radius 3 is 1.77 bits per heavy atom. The minimum Gasteiger partial charge on any atom is -0.354 e. The first-order valence-electron chi connectivity index (χ1n) is 8.82. The molecular weight excluding hydrogens is 361 g/mol. The van der Waals surface area contributed by atoms with E-state index in [-0.39, 0.29) is 24.3 Å². The van der Waals surface area contributed by atoms with Gasteiger partial charge in [-0.05, 0) is 11.8 Å². The third kappa shape index (κ3) is 9.31. The summed E-state index contributed by atoms with van der Waals surface area (Å²) in [6, 6.07) is -1.61. The average Bonchev–Trinajstić information content (AvgIpc) is 2.54. The highest BCUT2D eigenvalue weighted by atomic mass is 31.2. The molecule has 4 atom stereocenters. The molecule has 0 unspecified atom stereocenters. The van der Waals surface area contributed by atoms with Gasteiger partial charge in [-0.2, -0.15) is 0 Å². The fraction of sp³-hybridized carbons (Fsp3) is 0.812. The van der Waals surface area contributed by atoms with E-state index >= 15 is 0 Å². The standard InChI is InChI=1S/C16H32N3O6P/c1-6-10(3)13(15(21)17-8-9-26(23,24)25)19-16(22)14(11(4)7-2)18-12(5)20/h10-11,13-14H,6-9H2,1-5H3,(H,17,21)(H,18,20)(H,19,22)(H2,23,24,25)/t10-,11-,13-,14-/m0/s1. The summed E-state index contributed by atoms with van der Waals surface area (Å²) in [6.07, 6.45) is 0.813. The topological polar surface area (TPSA) is 145 Å². The summed E-state index contributed by atoms with van der Waals surface area (Å²) >= 11 is 0. The molecule has 5 N–H and O–H groups in total. The van der Waals surface area contributed by atoms with Crippen molar-refractivity contribution in [3.8, 4) is 0 Å². The molecule has 0 fully saturated rings. The highest BCUT2D eigenvalue weighted by Crippen LogP contribution is 2.32. The molecule has 0 aliphatic heterocycles. The minimum absolute atomic E-state index is 0.116. The monoisotopic (exact) mass is 393 g/mol. The van der Waals surface area contributed by atoms with Crippen molar-refractivity contribution in [3.63, 3.8) is 0 Å². The first-order valence-corrected chi connectivity index (χ1v) is 10.6. The van der Waals surface area contributed by atoms with E-state index in [1.54, 1.807) is 6.92 Å². The molecule has 10 heteroatoms. The summed E-state index contributed by atoms with van der Waals surface area (Å²) in [5.74, 6) is -1.60. The van der Waals surface area contributed by atoms with Gasteiger partial charge in [0.1, 0.15) is 12.1 Å². The van der Waals surface area contributed by atoms with Crippen molar-refractivity contribution in [1.29, 1.82) is 0 Å². The van der Waals surface area contributed by atoms with Gasteiger partial charge in [0.25, 0.3) is 0 Å². The van der Waals surface area contributed by atoms with Gasteiger partial charge in [-0.3, -0.25) is 18.9 Å². The lowest BCUT2D eigenvalue weighted by Crippen LogP contribution is -2.57. The number of carbonyl (C=O) groups is 3. The maximum absolute atomic E-state index is 12.6. The van der Waals surface area contributed by atoms with Crippen molar-refractivity contribution >= 4 is 25.3 Å². The lowest BCUT2D eigenvalue weighted by molar-refractivity contribution is -0.133. The van der Waals surface area contributed by atoms with Gasteiger partial charge < -0.3 is 25.7 Å². The lowest BCUT2D eigenvalue weighted by atomic mass is 9.95. The molecule has 0 aromatic carbocycles. The molecule has 0 aromatic heterocycles. The van der Waals surface area contributed by atoms with Crippen LogP contribution in [0.4, 0.5) is 0 Å². The van der Waals surface area contributed by atoms with Gasteiger partial charge in [0, 0.05) is 13.5 Å². The predicted octanol–water partition coefficient (Wildman–Crippen LogP) is 0.362. The molecule has 0 saturated carbocycles. The van der Waals surface area contributed by atoms with E-state index < -0.39 is 37.7 Å². The summed E-state index contributed by atoms with van der Waals surface area (Å²) < 4.78 is 10.9. The quantitative estimate of drug-likeness (QED) is 0.321. The fourth-order valence-electron chi connectivity index (χ4n) is 2.30. The van der Waals surface area contributed by atoms with E-state index in [1.165, 1.54) is 6.92 Å². The summed E-state index contributed by atoms with van der Waals surface area (Å²) in [5.41, 5.74) is 0. The van der Waals surface area contributed by atoms with E-state index in [0.29, 0.717) is 12.8 Å². The molecule has 3 amide bonds. The van der Waals surface area contributed by atoms with Crippen molar-refractivity contribution in [1.82, 2.24) is 16.0 Å². The average molecular weight is 393 g/mol. The van der Waals surface area contributed by atoms with Crippen LogP contribution < -0.4 is 16.0 Å². The fourth-order valence-corrected chi connectivity index (χ4v) is 2.70. The Kier molecular flexibility index (Phi) is 10.7. The SMILES string of the molecule is CC[C@H](C)[C@H](NC(C)=O)C(=O)N[C@H](C(=O)NCCP(=O)(O)O)[C@@H](C)CC. The maximum Gasteiger partial charge on any atom is 0.327 e. The van der Waals surface area contributed by atoms with E-state index in [4.69, 9.17) is 9.79 Å². The zero-order chi connectivity index (χ0) is 20.5. The molecule has 0 rings (SSSR count). The Bertz CT molecular complexity index is 536. The van der Waals surface area contributed by atoms with Crippen LogP contribution in [0.2, 0.25) is 0 Å². The van der Waals surface area contributed by atoms with Crippen LogP contribution >= 0.6 is 7.60 Å². The second kappa shape index (κ2) is 11.3. The van der Waals surface area contributed by atoms with Crippen LogP contribution in [0, 0.1) is 11.8 Å². The Balaban J connectivity index is 5.11. The van der Waals surface area contributed by atoms with Crippen molar-refractivity contribution in [2.24, 2.45) is 11.8 Å². The molecule has 152 valence electrons. The second-order valence-electron chi connectivity index (χ2n) is 6.61. The van der Waals surface area contributed by atoms with E-state index in [9.17, 15) is 18.9 Å². The Morgan fingerprint density at radius 1 is 0.923 bits per heavy atom. The van der Waals surface area contributed by atoms with Crippen LogP contribution in [0.1, 0.15) is 47.5 Å². The van der Waals surface area contributed by atoms with Gasteiger partial charge in [-0.1, -0.05) is 40.5 Å². The van der Waals surface area contributed by atoms with E-state index in [1.807, 2.05) is 20.8 Å². The maximum atomic E-state index is 12.6. The molecule has 9 nitrogen and oxygen atoms in total. The molecule has 26 heavy (non-hydrogen) atoms. The molecule has 0 bridgehead atoms. The van der Waals surface area contributed by atoms with Gasteiger partial charge in [0.15, 0.2) is 0 Å². The van der Waals surface area contributed by atoms with Gasteiger partial charge in [0.05, 0.1) is 6.16 Å². The number of rotatable bonds is 11. The number of amides is 3. The zero-order valence-corrected chi connectivity index (χ0v) is 17.0. The smallest absolute Gasteiger partial charge is 0.327 e. The van der Waals surface area contributed by atoms with E-state index in [2.05, 4.69) is 16.0 Å². The Morgan fingerprint density at radius 2 is 1.38 bits per heavy atom. The molecule has 0 radical (unpaired) electrons. The van der Waals surface area contributed by atoms with Crippen LogP contribution in [0.15, 0.2) is 0 Å². The largest absolute Gasteiger partial charge is 0.354 e. The first-order chi connectivity index (χ1) is 11.9. The molecule has 0 aliphatic rings. The highest BCUT2D eigenvalue weighted by Gasteiger charge is 2.31. The van der Waals surface area contributed by atoms with Crippen molar-refractivity contribution in [2.45, 2.75) is 59.5 Å². The minimum atomic E-state index is -4.21. The van der Waals surface area contributed by atoms with Crippen LogP contribution in [-0.2, 0) is 18.9 Å². The van der Waals surface area contributed by atoms with Crippen LogP contribution in [0.3, 0.4) is 0 Å². The van der Waals surface area contributed by atoms with Crippen molar-refractivity contribution < 1.29 is 28.7 Å². The molecular formula is C16H32N3O6P. The Labute approximate surface area is 154 Å². The summed E-state index contributed by atoms with van der Waals surface area (Å²) in [6.45, 7) is 8.53. The molecule has 0 aliphatic carbocycles. The van der Waals surface area contributed by atoms with Crippen LogP contribution in [-0.4, -0.2) is 52.3 Å². The number of carbonyl (C=O) groups excluding carboxylic acids is 3. The van der Waals surface area contributed by atoms with Gasteiger partial charge >= 0.3 is 7.60 Å². The summed E-state index contributed by atoms with van der Waals surface area (Å²) in [4.78, 5) is 54.1. The normalized spacial score (nSPS) is 16.1. The molecule has 0 saturated heterocycles. The predicted molar refractivity (Wildman–Crippen MR) is 98.4 cm³/mol. The molecule has 0 spiro atoms. The number of hydrogen-bond acceptors (Lipinski definition) is 4. The van der Waals surface area contributed by atoms with Gasteiger partial charge in [-0.15, -0.1) is 0 Å². The van der Waals surface area contributed by atoms with Crippen LogP contribution in [0.25, 0.3) is 0 Å². The number of hydrogen-bond donors (Lipinski definition) is 5. The molecule has 0 aromatic rings. The van der Waals surface area contributed by atoms with Crippen LogP contribution in [0.5, 0.6) is 0 Å². The Hall–Kier alpha value is -1.44. The summed E-state index contributed by atoms with van der Waals surface area (Å²) in [5, 5.41) is 7.73. The lowest BCUT2D eigenvalue weighted by Gasteiger charge is -2.28. The summed E-state index contributed by atoms with van der Waals surface area (Å²) in [7, 11) is -4.21. The van der Waals surface area contributed by atoms with Crippen molar-refractivity contribution in [2.75, 3.05) is 12.7 Å². The molecule has 0 heterocycles. The highest BCUT2D eigenvalue weighted by molar-refractivity contribution is 7.51.